The maximum absolute atomic E-state index is 12.7. The normalized spacial score (nSPS) is 14.5. The first-order valence-electron chi connectivity index (χ1n) is 10.4. The van der Waals surface area contributed by atoms with Crippen LogP contribution in [0.3, 0.4) is 0 Å². The van der Waals surface area contributed by atoms with E-state index in [1.807, 2.05) is 0 Å². The molecular weight excluding hydrogens is 440 g/mol. The van der Waals surface area contributed by atoms with Gasteiger partial charge in [-0.05, 0) is 31.7 Å². The Labute approximate surface area is 191 Å². The van der Waals surface area contributed by atoms with E-state index >= 15 is 0 Å². The Morgan fingerprint density at radius 2 is 1.30 bits per heavy atom. The molecular formula is C19H34N6O8. The molecule has 4 amide bonds. The summed E-state index contributed by atoms with van der Waals surface area (Å²) in [6.07, 6.45) is -0.552. The average Bonchev–Trinajstić information content (AvgIpc) is 2.70. The Kier molecular flexibility index (Phi) is 13.3. The average molecular weight is 475 g/mol. The molecule has 0 rings (SSSR count). The molecule has 0 saturated heterocycles. The number of rotatable bonds is 16. The highest BCUT2D eigenvalue weighted by Gasteiger charge is 2.32. The summed E-state index contributed by atoms with van der Waals surface area (Å²) in [5.74, 6) is -6.78. The number of primary amides is 1. The highest BCUT2D eigenvalue weighted by Crippen LogP contribution is 2.06. The lowest BCUT2D eigenvalue weighted by atomic mass is 10.0. The molecule has 4 unspecified atom stereocenters. The van der Waals surface area contributed by atoms with E-state index in [2.05, 4.69) is 16.0 Å². The Bertz CT molecular complexity index is 729. The largest absolute Gasteiger partial charge is 0.481 e. The second-order valence-electron chi connectivity index (χ2n) is 7.84. The first kappa shape index (κ1) is 29.7. The van der Waals surface area contributed by atoms with Crippen molar-refractivity contribution in [2.24, 2.45) is 23.1 Å². The number of carbonyl (C=O) groups excluding carboxylic acids is 4. The summed E-state index contributed by atoms with van der Waals surface area (Å²) in [5.41, 5.74) is 16.2. The number of hydrogen-bond donors (Lipinski definition) is 8. The molecule has 14 nitrogen and oxygen atoms in total. The number of carboxylic acids is 2. The number of unbranched alkanes of at least 4 members (excludes halogenated alkanes) is 1. The van der Waals surface area contributed by atoms with Gasteiger partial charge in [0.15, 0.2) is 0 Å². The van der Waals surface area contributed by atoms with E-state index in [-0.39, 0.29) is 12.3 Å². The molecule has 0 heterocycles. The Morgan fingerprint density at radius 3 is 1.76 bits per heavy atom. The van der Waals surface area contributed by atoms with E-state index in [0.717, 1.165) is 0 Å². The summed E-state index contributed by atoms with van der Waals surface area (Å²) in [4.78, 5) is 71.1. The van der Waals surface area contributed by atoms with Gasteiger partial charge in [-0.15, -0.1) is 0 Å². The SMILES string of the molecule is CC(C)C(N)C(=O)NC(CC(=O)O)C(=O)NC(CCCCN)C(=O)NC(CC(N)=O)C(=O)O. The van der Waals surface area contributed by atoms with Crippen molar-refractivity contribution in [1.82, 2.24) is 16.0 Å². The van der Waals surface area contributed by atoms with Gasteiger partial charge in [0.25, 0.3) is 0 Å². The first-order chi connectivity index (χ1) is 15.3. The van der Waals surface area contributed by atoms with Crippen molar-refractivity contribution in [3.63, 3.8) is 0 Å². The molecule has 0 bridgehead atoms. The maximum Gasteiger partial charge on any atom is 0.326 e. The lowest BCUT2D eigenvalue weighted by Gasteiger charge is -2.25. The van der Waals surface area contributed by atoms with Gasteiger partial charge < -0.3 is 43.4 Å². The lowest BCUT2D eigenvalue weighted by molar-refractivity contribution is -0.144. The van der Waals surface area contributed by atoms with E-state index in [9.17, 15) is 33.9 Å². The number of carboxylic acid groups (broad SMARTS) is 2. The number of amides is 4. The predicted molar refractivity (Wildman–Crippen MR) is 115 cm³/mol. The summed E-state index contributed by atoms with van der Waals surface area (Å²) in [6.45, 7) is 3.63. The topological polar surface area (TPSA) is 257 Å². The van der Waals surface area contributed by atoms with Crippen LogP contribution in [0.1, 0.15) is 46.0 Å². The minimum Gasteiger partial charge on any atom is -0.481 e. The van der Waals surface area contributed by atoms with Crippen molar-refractivity contribution in [1.29, 1.82) is 0 Å². The van der Waals surface area contributed by atoms with E-state index in [1.165, 1.54) is 0 Å². The van der Waals surface area contributed by atoms with Gasteiger partial charge in [-0.1, -0.05) is 13.8 Å². The molecule has 11 N–H and O–H groups in total. The van der Waals surface area contributed by atoms with Gasteiger partial charge in [0.2, 0.25) is 23.6 Å². The maximum atomic E-state index is 12.7. The number of hydrogen-bond acceptors (Lipinski definition) is 8. The Hall–Kier alpha value is -3.26. The van der Waals surface area contributed by atoms with Crippen LogP contribution in [-0.2, 0) is 28.8 Å². The van der Waals surface area contributed by atoms with Crippen LogP contribution in [0, 0.1) is 5.92 Å². The van der Waals surface area contributed by atoms with Gasteiger partial charge in [0.05, 0.1) is 18.9 Å². The molecule has 33 heavy (non-hydrogen) atoms. The minimum atomic E-state index is -1.62. The number of nitrogens with two attached hydrogens (primary N) is 3. The second kappa shape index (κ2) is 14.7. The van der Waals surface area contributed by atoms with Gasteiger partial charge in [-0.25, -0.2) is 4.79 Å². The van der Waals surface area contributed by atoms with Crippen LogP contribution < -0.4 is 33.2 Å². The highest BCUT2D eigenvalue weighted by atomic mass is 16.4. The quantitative estimate of drug-likeness (QED) is 0.105. The Morgan fingerprint density at radius 1 is 0.788 bits per heavy atom. The van der Waals surface area contributed by atoms with Crippen molar-refractivity contribution < 1.29 is 39.0 Å². The summed E-state index contributed by atoms with van der Waals surface area (Å²) in [5, 5.41) is 25.0. The Balaban J connectivity index is 5.56. The van der Waals surface area contributed by atoms with Crippen molar-refractivity contribution in [2.75, 3.05) is 6.54 Å². The summed E-state index contributed by atoms with van der Waals surface area (Å²) in [6, 6.07) is -5.44. The molecule has 0 spiro atoms. The zero-order valence-corrected chi connectivity index (χ0v) is 18.7. The minimum absolute atomic E-state index is 0.0386. The van der Waals surface area contributed by atoms with Crippen LogP contribution in [-0.4, -0.2) is 76.5 Å². The summed E-state index contributed by atoms with van der Waals surface area (Å²) < 4.78 is 0. The third-order valence-electron chi connectivity index (χ3n) is 4.63. The standard InChI is InChI=1S/C19H34N6O8/c1-9(2)15(22)18(31)24-11(8-14(27)28)17(30)23-10(5-3-4-6-20)16(29)25-12(19(32)33)7-13(21)26/h9-12,15H,3-8,20,22H2,1-2H3,(H2,21,26)(H,23,30)(H,24,31)(H,25,29)(H,27,28)(H,32,33). The van der Waals surface area contributed by atoms with Crippen molar-refractivity contribution in [3.05, 3.63) is 0 Å². The number of aliphatic carboxylic acids is 2. The van der Waals surface area contributed by atoms with E-state index in [0.29, 0.717) is 19.4 Å². The number of nitrogens with one attached hydrogen (secondary N) is 3. The van der Waals surface area contributed by atoms with E-state index in [1.54, 1.807) is 13.8 Å². The van der Waals surface area contributed by atoms with Gasteiger partial charge in [-0.2, -0.15) is 0 Å². The molecule has 14 heteroatoms. The molecule has 0 fully saturated rings. The van der Waals surface area contributed by atoms with Crippen molar-refractivity contribution >= 4 is 35.6 Å². The zero-order chi connectivity index (χ0) is 25.7. The monoisotopic (exact) mass is 474 g/mol. The molecule has 0 aliphatic heterocycles. The number of carbonyl (C=O) groups is 6. The predicted octanol–water partition coefficient (Wildman–Crippen LogP) is -3.01. The molecule has 0 aromatic heterocycles. The molecule has 0 aliphatic carbocycles. The van der Waals surface area contributed by atoms with Gasteiger partial charge in [0.1, 0.15) is 18.1 Å². The van der Waals surface area contributed by atoms with Crippen molar-refractivity contribution in [3.8, 4) is 0 Å². The molecule has 0 aromatic carbocycles. The fourth-order valence-corrected chi connectivity index (χ4v) is 2.66. The summed E-state index contributed by atoms with van der Waals surface area (Å²) >= 11 is 0. The third-order valence-corrected chi connectivity index (χ3v) is 4.63. The van der Waals surface area contributed by atoms with Crippen LogP contribution in [0.5, 0.6) is 0 Å². The van der Waals surface area contributed by atoms with E-state index < -0.39 is 72.6 Å². The van der Waals surface area contributed by atoms with Gasteiger partial charge in [0, 0.05) is 0 Å². The highest BCUT2D eigenvalue weighted by molar-refractivity contribution is 5.96. The zero-order valence-electron chi connectivity index (χ0n) is 18.7. The molecule has 0 radical (unpaired) electrons. The fourth-order valence-electron chi connectivity index (χ4n) is 2.66. The smallest absolute Gasteiger partial charge is 0.326 e. The van der Waals surface area contributed by atoms with Gasteiger partial charge >= 0.3 is 11.9 Å². The molecule has 188 valence electrons. The summed E-state index contributed by atoms with van der Waals surface area (Å²) in [7, 11) is 0. The van der Waals surface area contributed by atoms with Crippen LogP contribution in [0.15, 0.2) is 0 Å². The van der Waals surface area contributed by atoms with Crippen LogP contribution in [0.4, 0.5) is 0 Å². The van der Waals surface area contributed by atoms with Gasteiger partial charge in [-0.3, -0.25) is 24.0 Å². The fraction of sp³-hybridized carbons (Fsp3) is 0.684. The molecule has 0 saturated carbocycles. The van der Waals surface area contributed by atoms with Crippen molar-refractivity contribution in [2.45, 2.75) is 70.1 Å². The van der Waals surface area contributed by atoms with Crippen LogP contribution in [0.25, 0.3) is 0 Å². The molecule has 4 atom stereocenters. The third kappa shape index (κ3) is 11.8. The molecule has 0 aromatic rings. The lowest BCUT2D eigenvalue weighted by Crippen LogP contribution is -2.58. The van der Waals surface area contributed by atoms with Crippen LogP contribution in [0.2, 0.25) is 0 Å². The van der Waals surface area contributed by atoms with E-state index in [4.69, 9.17) is 22.3 Å². The molecule has 0 aliphatic rings. The second-order valence-corrected chi connectivity index (χ2v) is 7.84. The first-order valence-corrected chi connectivity index (χ1v) is 10.4. The van der Waals surface area contributed by atoms with Crippen LogP contribution >= 0.6 is 0 Å².